The second-order valence-electron chi connectivity index (χ2n) is 3.11. The van der Waals surface area contributed by atoms with Gasteiger partial charge in [0.15, 0.2) is 0 Å². The SMILES string of the molecule is CN(C)C(Br)/C=C/c1ccccc1. The highest BCUT2D eigenvalue weighted by atomic mass is 79.9. The highest BCUT2D eigenvalue weighted by molar-refractivity contribution is 9.09. The monoisotopic (exact) mass is 239 g/mol. The largest absolute Gasteiger partial charge is 0.294 e. The first-order chi connectivity index (χ1) is 6.20. The van der Waals surface area contributed by atoms with Crippen LogP contribution in [0.4, 0.5) is 0 Å². The van der Waals surface area contributed by atoms with Crippen molar-refractivity contribution in [3.63, 3.8) is 0 Å². The Morgan fingerprint density at radius 2 is 1.85 bits per heavy atom. The number of hydrogen-bond donors (Lipinski definition) is 0. The van der Waals surface area contributed by atoms with Crippen molar-refractivity contribution in [2.45, 2.75) is 4.95 Å². The third-order valence-corrected chi connectivity index (χ3v) is 2.86. The van der Waals surface area contributed by atoms with Gasteiger partial charge in [0, 0.05) is 0 Å². The van der Waals surface area contributed by atoms with Crippen LogP contribution >= 0.6 is 15.9 Å². The average molecular weight is 240 g/mol. The second kappa shape index (κ2) is 5.20. The number of nitrogens with zero attached hydrogens (tertiary/aromatic N) is 1. The van der Waals surface area contributed by atoms with Crippen molar-refractivity contribution >= 4 is 22.0 Å². The van der Waals surface area contributed by atoms with Gasteiger partial charge in [-0.2, -0.15) is 0 Å². The predicted molar refractivity (Wildman–Crippen MR) is 61.9 cm³/mol. The highest BCUT2D eigenvalue weighted by Gasteiger charge is 1.99. The Kier molecular flexibility index (Phi) is 4.19. The van der Waals surface area contributed by atoms with Crippen LogP contribution in [0.25, 0.3) is 6.08 Å². The number of hydrogen-bond acceptors (Lipinski definition) is 1. The molecule has 1 aromatic rings. The fourth-order valence-corrected chi connectivity index (χ4v) is 1.08. The molecule has 1 unspecified atom stereocenters. The molecule has 2 heteroatoms. The maximum absolute atomic E-state index is 3.54. The highest BCUT2D eigenvalue weighted by Crippen LogP contribution is 2.08. The molecule has 0 bridgehead atoms. The van der Waals surface area contributed by atoms with Gasteiger partial charge >= 0.3 is 0 Å². The van der Waals surface area contributed by atoms with Crippen molar-refractivity contribution in [3.8, 4) is 0 Å². The summed E-state index contributed by atoms with van der Waals surface area (Å²) in [7, 11) is 4.07. The molecule has 0 fully saturated rings. The van der Waals surface area contributed by atoms with Crippen molar-refractivity contribution in [2.24, 2.45) is 0 Å². The summed E-state index contributed by atoms with van der Waals surface area (Å²) >= 11 is 3.54. The molecular weight excluding hydrogens is 226 g/mol. The zero-order valence-corrected chi connectivity index (χ0v) is 9.53. The second-order valence-corrected chi connectivity index (χ2v) is 4.04. The summed E-state index contributed by atoms with van der Waals surface area (Å²) in [4.78, 5) is 2.40. The lowest BCUT2D eigenvalue weighted by atomic mass is 10.2. The Balaban J connectivity index is 2.59. The molecule has 0 aliphatic heterocycles. The lowest BCUT2D eigenvalue weighted by Crippen LogP contribution is -2.18. The first-order valence-corrected chi connectivity index (χ1v) is 5.15. The molecule has 0 saturated carbocycles. The molecule has 1 nitrogen and oxygen atoms in total. The van der Waals surface area contributed by atoms with E-state index in [9.17, 15) is 0 Å². The van der Waals surface area contributed by atoms with Crippen molar-refractivity contribution in [1.29, 1.82) is 0 Å². The fourth-order valence-electron chi connectivity index (χ4n) is 0.927. The van der Waals surface area contributed by atoms with Gasteiger partial charge in [-0.3, -0.25) is 4.90 Å². The molecule has 0 N–H and O–H groups in total. The van der Waals surface area contributed by atoms with Gasteiger partial charge in [-0.25, -0.2) is 0 Å². The standard InChI is InChI=1S/C11H14BrN/c1-13(2)11(12)9-8-10-6-4-3-5-7-10/h3-9,11H,1-2H3/b9-8+. The van der Waals surface area contributed by atoms with Crippen molar-refractivity contribution < 1.29 is 0 Å². The van der Waals surface area contributed by atoms with Gasteiger partial charge in [0.1, 0.15) is 0 Å². The lowest BCUT2D eigenvalue weighted by molar-refractivity contribution is 0.434. The molecule has 13 heavy (non-hydrogen) atoms. The fraction of sp³-hybridized carbons (Fsp3) is 0.273. The Morgan fingerprint density at radius 3 is 2.38 bits per heavy atom. The summed E-state index contributed by atoms with van der Waals surface area (Å²) in [6, 6.07) is 10.3. The van der Waals surface area contributed by atoms with Crippen LogP contribution < -0.4 is 0 Å². The number of halogens is 1. The molecule has 1 atom stereocenters. The van der Waals surface area contributed by atoms with Gasteiger partial charge in [0.25, 0.3) is 0 Å². The van der Waals surface area contributed by atoms with Crippen LogP contribution in [0.1, 0.15) is 5.56 Å². The lowest BCUT2D eigenvalue weighted by Gasteiger charge is -2.12. The van der Waals surface area contributed by atoms with Crippen molar-refractivity contribution in [2.75, 3.05) is 14.1 Å². The molecule has 0 radical (unpaired) electrons. The van der Waals surface area contributed by atoms with Crippen molar-refractivity contribution in [3.05, 3.63) is 42.0 Å². The molecule has 0 spiro atoms. The van der Waals surface area contributed by atoms with E-state index in [1.165, 1.54) is 5.56 Å². The maximum atomic E-state index is 3.54. The minimum Gasteiger partial charge on any atom is -0.294 e. The van der Waals surface area contributed by atoms with Crippen LogP contribution in [-0.2, 0) is 0 Å². The maximum Gasteiger partial charge on any atom is 0.0839 e. The first kappa shape index (κ1) is 10.5. The number of likely N-dealkylation sites (N-methyl/N-ethyl adjacent to an activating group) is 1. The van der Waals surface area contributed by atoms with Gasteiger partial charge in [-0.05, 0) is 19.7 Å². The topological polar surface area (TPSA) is 3.24 Å². The molecule has 0 saturated heterocycles. The van der Waals surface area contributed by atoms with E-state index in [2.05, 4.69) is 45.1 Å². The van der Waals surface area contributed by atoms with E-state index in [0.29, 0.717) is 4.95 Å². The predicted octanol–water partition coefficient (Wildman–Crippen LogP) is 2.98. The van der Waals surface area contributed by atoms with Gasteiger partial charge in [-0.15, -0.1) is 0 Å². The summed E-state index contributed by atoms with van der Waals surface area (Å²) in [5.41, 5.74) is 1.23. The Bertz CT molecular complexity index is 267. The molecule has 1 rings (SSSR count). The Morgan fingerprint density at radius 1 is 1.23 bits per heavy atom. The van der Waals surface area contributed by atoms with E-state index < -0.39 is 0 Å². The molecule has 70 valence electrons. The first-order valence-electron chi connectivity index (χ1n) is 4.24. The van der Waals surface area contributed by atoms with Crippen LogP contribution in [-0.4, -0.2) is 23.9 Å². The van der Waals surface area contributed by atoms with Crippen LogP contribution in [0.3, 0.4) is 0 Å². The molecule has 0 aliphatic carbocycles. The van der Waals surface area contributed by atoms with Crippen molar-refractivity contribution in [1.82, 2.24) is 4.90 Å². The zero-order valence-electron chi connectivity index (χ0n) is 7.94. The molecule has 0 heterocycles. The summed E-state index contributed by atoms with van der Waals surface area (Å²) < 4.78 is 0. The van der Waals surface area contributed by atoms with E-state index >= 15 is 0 Å². The minimum atomic E-state index is 0.299. The summed E-state index contributed by atoms with van der Waals surface area (Å²) in [5, 5.41) is 0. The Labute approximate surface area is 88.2 Å². The number of alkyl halides is 1. The van der Waals surface area contributed by atoms with Gasteiger partial charge in [0.05, 0.1) is 4.95 Å². The van der Waals surface area contributed by atoms with Crippen LogP contribution in [0.2, 0.25) is 0 Å². The van der Waals surface area contributed by atoms with Crippen LogP contribution in [0.15, 0.2) is 36.4 Å². The van der Waals surface area contributed by atoms with E-state index in [4.69, 9.17) is 0 Å². The molecule has 0 aliphatic rings. The number of rotatable bonds is 3. The van der Waals surface area contributed by atoms with Gasteiger partial charge in [0.2, 0.25) is 0 Å². The molecule has 1 aromatic carbocycles. The third kappa shape index (κ3) is 3.75. The average Bonchev–Trinajstić information content (AvgIpc) is 2.15. The third-order valence-electron chi connectivity index (χ3n) is 1.74. The van der Waals surface area contributed by atoms with Gasteiger partial charge in [-0.1, -0.05) is 58.4 Å². The normalized spacial score (nSPS) is 13.8. The van der Waals surface area contributed by atoms with Crippen LogP contribution in [0.5, 0.6) is 0 Å². The summed E-state index contributed by atoms with van der Waals surface area (Å²) in [6.07, 6.45) is 4.23. The zero-order chi connectivity index (χ0) is 9.68. The van der Waals surface area contributed by atoms with Gasteiger partial charge < -0.3 is 0 Å². The van der Waals surface area contributed by atoms with E-state index in [1.807, 2.05) is 32.3 Å². The van der Waals surface area contributed by atoms with Crippen LogP contribution in [0, 0.1) is 0 Å². The summed E-state index contributed by atoms with van der Waals surface area (Å²) in [5.74, 6) is 0. The number of benzene rings is 1. The summed E-state index contributed by atoms with van der Waals surface area (Å²) in [6.45, 7) is 0. The van der Waals surface area contributed by atoms with E-state index in [-0.39, 0.29) is 0 Å². The van der Waals surface area contributed by atoms with E-state index in [0.717, 1.165) is 0 Å². The molecular formula is C11H14BrN. The molecule has 0 amide bonds. The van der Waals surface area contributed by atoms with E-state index in [1.54, 1.807) is 0 Å². The minimum absolute atomic E-state index is 0.299. The molecule has 0 aromatic heterocycles. The Hall–Kier alpha value is -0.600. The quantitative estimate of drug-likeness (QED) is 0.580. The smallest absolute Gasteiger partial charge is 0.0839 e.